The van der Waals surface area contributed by atoms with Gasteiger partial charge in [0.1, 0.15) is 0 Å². The average molecular weight is 183 g/mol. The Kier molecular flexibility index (Phi) is 5.68. The highest BCUT2D eigenvalue weighted by Gasteiger charge is 2.18. The van der Waals surface area contributed by atoms with E-state index in [4.69, 9.17) is 5.26 Å². The number of likely N-dealkylation sites (N-methyl/N-ethyl adjacent to an activating group) is 1. The van der Waals surface area contributed by atoms with Crippen molar-refractivity contribution in [2.75, 3.05) is 27.2 Å². The molecule has 0 amide bonds. The van der Waals surface area contributed by atoms with Crippen LogP contribution in [0.15, 0.2) is 0 Å². The van der Waals surface area contributed by atoms with E-state index >= 15 is 0 Å². The molecule has 0 atom stereocenters. The fourth-order valence-electron chi connectivity index (χ4n) is 0.845. The average Bonchev–Trinajstić information content (AvgIpc) is 2.03. The molecule has 0 aliphatic rings. The van der Waals surface area contributed by atoms with Gasteiger partial charge in [-0.2, -0.15) is 5.26 Å². The third-order valence-electron chi connectivity index (χ3n) is 2.41. The third kappa shape index (κ3) is 5.62. The summed E-state index contributed by atoms with van der Waals surface area (Å²) in [7, 11) is 4.16. The van der Waals surface area contributed by atoms with Gasteiger partial charge in [-0.1, -0.05) is 0 Å². The number of rotatable bonds is 6. The topological polar surface area (TPSA) is 39.1 Å². The van der Waals surface area contributed by atoms with Gasteiger partial charge in [0.15, 0.2) is 0 Å². The zero-order valence-corrected chi connectivity index (χ0v) is 9.22. The maximum Gasteiger partial charge on any atom is 0.0622 e. The molecule has 0 aromatic rings. The zero-order valence-electron chi connectivity index (χ0n) is 9.22. The Labute approximate surface area is 81.7 Å². The van der Waals surface area contributed by atoms with Gasteiger partial charge in [-0.05, 0) is 40.9 Å². The highest BCUT2D eigenvalue weighted by atomic mass is 15.2. The molecule has 0 aromatic heterocycles. The first-order valence-electron chi connectivity index (χ1n) is 4.76. The summed E-state index contributed by atoms with van der Waals surface area (Å²) in [5.41, 5.74) is 0.187. The lowest BCUT2D eigenvalue weighted by Crippen LogP contribution is -2.46. The van der Waals surface area contributed by atoms with E-state index in [1.54, 1.807) is 0 Å². The van der Waals surface area contributed by atoms with Crippen molar-refractivity contribution in [1.29, 1.82) is 5.26 Å². The van der Waals surface area contributed by atoms with Crippen molar-refractivity contribution < 1.29 is 0 Å². The Balaban J connectivity index is 3.48. The first-order chi connectivity index (χ1) is 6.00. The van der Waals surface area contributed by atoms with Gasteiger partial charge in [0, 0.05) is 18.5 Å². The van der Waals surface area contributed by atoms with Gasteiger partial charge in [0.25, 0.3) is 0 Å². The maximum absolute atomic E-state index is 8.33. The molecule has 1 N–H and O–H groups in total. The molecule has 0 aliphatic heterocycles. The fraction of sp³-hybridized carbons (Fsp3) is 0.900. The molecule has 0 bridgehead atoms. The van der Waals surface area contributed by atoms with Gasteiger partial charge in [0.2, 0.25) is 0 Å². The van der Waals surface area contributed by atoms with Crippen molar-refractivity contribution in [2.45, 2.75) is 32.2 Å². The molecule has 0 heterocycles. The molecule has 0 saturated heterocycles. The minimum Gasteiger partial charge on any atom is -0.315 e. The Bertz CT molecular complexity index is 167. The molecule has 0 saturated carbocycles. The second-order valence-corrected chi connectivity index (χ2v) is 4.15. The Morgan fingerprint density at radius 1 is 1.38 bits per heavy atom. The van der Waals surface area contributed by atoms with Crippen LogP contribution in [0.25, 0.3) is 0 Å². The summed E-state index contributed by atoms with van der Waals surface area (Å²) in [5.74, 6) is 0. The lowest BCUT2D eigenvalue weighted by molar-refractivity contribution is 0.190. The molecule has 0 aliphatic carbocycles. The van der Waals surface area contributed by atoms with Crippen LogP contribution in [0.4, 0.5) is 0 Å². The van der Waals surface area contributed by atoms with Crippen molar-refractivity contribution in [3.05, 3.63) is 0 Å². The number of hydrogen-bond donors (Lipinski definition) is 1. The minimum absolute atomic E-state index is 0.187. The van der Waals surface area contributed by atoms with Crippen LogP contribution < -0.4 is 5.32 Å². The molecule has 76 valence electrons. The van der Waals surface area contributed by atoms with Gasteiger partial charge in [-0.25, -0.2) is 0 Å². The summed E-state index contributed by atoms with van der Waals surface area (Å²) < 4.78 is 0. The molecule has 0 radical (unpaired) electrons. The Morgan fingerprint density at radius 2 is 2.00 bits per heavy atom. The minimum atomic E-state index is 0.187. The van der Waals surface area contributed by atoms with Crippen molar-refractivity contribution in [1.82, 2.24) is 10.2 Å². The SMILES string of the molecule is CN(C)C(C)(C)CNCCCC#N. The second kappa shape index (κ2) is 5.95. The van der Waals surface area contributed by atoms with Gasteiger partial charge >= 0.3 is 0 Å². The van der Waals surface area contributed by atoms with Crippen LogP contribution in [0.1, 0.15) is 26.7 Å². The number of nitrogens with zero attached hydrogens (tertiary/aromatic N) is 2. The van der Waals surface area contributed by atoms with Crippen LogP contribution in [-0.2, 0) is 0 Å². The van der Waals surface area contributed by atoms with Crippen LogP contribution in [0, 0.1) is 11.3 Å². The third-order valence-corrected chi connectivity index (χ3v) is 2.41. The van der Waals surface area contributed by atoms with Crippen molar-refractivity contribution in [2.24, 2.45) is 0 Å². The summed E-state index contributed by atoms with van der Waals surface area (Å²) in [6.07, 6.45) is 1.59. The van der Waals surface area contributed by atoms with Crippen molar-refractivity contribution >= 4 is 0 Å². The molecule has 0 rings (SSSR count). The Morgan fingerprint density at radius 3 is 2.46 bits per heavy atom. The highest BCUT2D eigenvalue weighted by Crippen LogP contribution is 2.07. The summed E-state index contributed by atoms with van der Waals surface area (Å²) >= 11 is 0. The number of nitrogens with one attached hydrogen (secondary N) is 1. The van der Waals surface area contributed by atoms with Gasteiger partial charge < -0.3 is 10.2 Å². The van der Waals surface area contributed by atoms with Gasteiger partial charge in [0.05, 0.1) is 6.07 Å². The Hall–Kier alpha value is -0.590. The lowest BCUT2D eigenvalue weighted by atomic mass is 10.0. The molecule has 0 fully saturated rings. The van der Waals surface area contributed by atoms with E-state index in [1.807, 2.05) is 0 Å². The predicted octanol–water partition coefficient (Wildman–Crippen LogP) is 1.22. The van der Waals surface area contributed by atoms with E-state index < -0.39 is 0 Å². The first kappa shape index (κ1) is 12.4. The fourth-order valence-corrected chi connectivity index (χ4v) is 0.845. The van der Waals surface area contributed by atoms with Crippen LogP contribution in [0.2, 0.25) is 0 Å². The number of unbranched alkanes of at least 4 members (excludes halogenated alkanes) is 1. The monoisotopic (exact) mass is 183 g/mol. The zero-order chi connectivity index (χ0) is 10.3. The normalized spacial score (nSPS) is 11.7. The van der Waals surface area contributed by atoms with E-state index in [9.17, 15) is 0 Å². The van der Waals surface area contributed by atoms with Crippen LogP contribution in [0.3, 0.4) is 0 Å². The molecule has 3 heteroatoms. The predicted molar refractivity (Wildman–Crippen MR) is 55.5 cm³/mol. The first-order valence-corrected chi connectivity index (χ1v) is 4.76. The summed E-state index contributed by atoms with van der Waals surface area (Å²) in [5, 5.41) is 11.7. The maximum atomic E-state index is 8.33. The highest BCUT2D eigenvalue weighted by molar-refractivity contribution is 4.79. The number of nitriles is 1. The second-order valence-electron chi connectivity index (χ2n) is 4.15. The van der Waals surface area contributed by atoms with Crippen LogP contribution in [0.5, 0.6) is 0 Å². The summed E-state index contributed by atoms with van der Waals surface area (Å²) in [4.78, 5) is 2.20. The van der Waals surface area contributed by atoms with Crippen molar-refractivity contribution in [3.8, 4) is 6.07 Å². The molecule has 13 heavy (non-hydrogen) atoms. The lowest BCUT2D eigenvalue weighted by Gasteiger charge is -2.32. The molecule has 0 spiro atoms. The standard InChI is InChI=1S/C10H21N3/c1-10(2,13(3)4)9-12-8-6-5-7-11/h12H,5-6,8-9H2,1-4H3. The van der Waals surface area contributed by atoms with E-state index in [2.05, 4.69) is 44.2 Å². The van der Waals surface area contributed by atoms with Crippen LogP contribution in [-0.4, -0.2) is 37.6 Å². The van der Waals surface area contributed by atoms with Gasteiger partial charge in [-0.3, -0.25) is 0 Å². The van der Waals surface area contributed by atoms with Crippen molar-refractivity contribution in [3.63, 3.8) is 0 Å². The van der Waals surface area contributed by atoms with E-state index in [1.165, 1.54) is 0 Å². The number of hydrogen-bond acceptors (Lipinski definition) is 3. The quantitative estimate of drug-likeness (QED) is 0.629. The van der Waals surface area contributed by atoms with Crippen LogP contribution >= 0.6 is 0 Å². The van der Waals surface area contributed by atoms with E-state index in [-0.39, 0.29) is 5.54 Å². The van der Waals surface area contributed by atoms with E-state index in [0.29, 0.717) is 6.42 Å². The van der Waals surface area contributed by atoms with E-state index in [0.717, 1.165) is 19.5 Å². The molecule has 3 nitrogen and oxygen atoms in total. The smallest absolute Gasteiger partial charge is 0.0622 e. The molecule has 0 unspecified atom stereocenters. The molecular formula is C10H21N3. The van der Waals surface area contributed by atoms with Gasteiger partial charge in [-0.15, -0.1) is 0 Å². The summed E-state index contributed by atoms with van der Waals surface area (Å²) in [6, 6.07) is 2.14. The summed E-state index contributed by atoms with van der Waals surface area (Å²) in [6.45, 7) is 6.30. The largest absolute Gasteiger partial charge is 0.315 e. The molecular weight excluding hydrogens is 162 g/mol. The molecule has 0 aromatic carbocycles.